The quantitative estimate of drug-likeness (QED) is 0.454. The van der Waals surface area contributed by atoms with Gasteiger partial charge in [0, 0.05) is 11.5 Å². The minimum atomic E-state index is 0.956. The van der Waals surface area contributed by atoms with Crippen molar-refractivity contribution in [2.24, 2.45) is 0 Å². The number of allylic oxidation sites excluding steroid dienone is 4. The molecular formula is C6H7Cl. The molecule has 38 valence electrons. The molecule has 0 bridgehead atoms. The maximum atomic E-state index is 5.62. The third-order valence-corrected chi connectivity index (χ3v) is 1.26. The summed E-state index contributed by atoms with van der Waals surface area (Å²) in [6.07, 6.45) is 4.95. The van der Waals surface area contributed by atoms with E-state index < -0.39 is 0 Å². The van der Waals surface area contributed by atoms with E-state index in [0.29, 0.717) is 0 Å². The summed E-state index contributed by atoms with van der Waals surface area (Å²) in [5.41, 5.74) is 1.35. The molecule has 0 saturated carbocycles. The minimum absolute atomic E-state index is 0.956. The standard InChI is InChI=1S/C6H7Cl/c1-5-2-3-6(7)4-5/h2-3H,4H2,1H3. The highest BCUT2D eigenvalue weighted by atomic mass is 35.5. The second-order valence-corrected chi connectivity index (χ2v) is 2.29. The fourth-order valence-electron chi connectivity index (χ4n) is 0.617. The van der Waals surface area contributed by atoms with Crippen molar-refractivity contribution in [2.45, 2.75) is 13.3 Å². The molecule has 0 saturated heterocycles. The van der Waals surface area contributed by atoms with Crippen molar-refractivity contribution >= 4 is 11.6 Å². The van der Waals surface area contributed by atoms with Gasteiger partial charge in [0.05, 0.1) is 0 Å². The number of rotatable bonds is 0. The van der Waals surface area contributed by atoms with Gasteiger partial charge in [-0.15, -0.1) is 0 Å². The summed E-state index contributed by atoms with van der Waals surface area (Å²) in [7, 11) is 0. The van der Waals surface area contributed by atoms with Crippen LogP contribution < -0.4 is 0 Å². The van der Waals surface area contributed by atoms with E-state index in [4.69, 9.17) is 11.6 Å². The highest BCUT2D eigenvalue weighted by Crippen LogP contribution is 2.20. The Hall–Kier alpha value is -0.230. The zero-order valence-electron chi connectivity index (χ0n) is 4.24. The van der Waals surface area contributed by atoms with Crippen molar-refractivity contribution in [3.05, 3.63) is 22.8 Å². The van der Waals surface area contributed by atoms with Crippen LogP contribution in [0.4, 0.5) is 0 Å². The lowest BCUT2D eigenvalue weighted by Crippen LogP contribution is -1.64. The van der Waals surface area contributed by atoms with Gasteiger partial charge in [0.15, 0.2) is 0 Å². The van der Waals surface area contributed by atoms with Crippen LogP contribution in [0.3, 0.4) is 0 Å². The molecule has 0 atom stereocenters. The van der Waals surface area contributed by atoms with Gasteiger partial charge in [-0.25, -0.2) is 0 Å². The molecule has 0 unspecified atom stereocenters. The van der Waals surface area contributed by atoms with E-state index in [1.165, 1.54) is 5.57 Å². The maximum absolute atomic E-state index is 5.62. The van der Waals surface area contributed by atoms with E-state index in [1.807, 2.05) is 12.2 Å². The van der Waals surface area contributed by atoms with Gasteiger partial charge in [-0.1, -0.05) is 23.3 Å². The van der Waals surface area contributed by atoms with Crippen molar-refractivity contribution in [3.8, 4) is 0 Å². The van der Waals surface area contributed by atoms with Crippen LogP contribution >= 0.6 is 11.6 Å². The second kappa shape index (κ2) is 1.71. The molecule has 0 amide bonds. The van der Waals surface area contributed by atoms with E-state index in [1.54, 1.807) is 0 Å². The van der Waals surface area contributed by atoms with E-state index in [2.05, 4.69) is 6.92 Å². The molecule has 0 aromatic carbocycles. The van der Waals surface area contributed by atoms with Crippen LogP contribution in [0.2, 0.25) is 0 Å². The van der Waals surface area contributed by atoms with Crippen molar-refractivity contribution in [2.75, 3.05) is 0 Å². The van der Waals surface area contributed by atoms with Gasteiger partial charge in [0.1, 0.15) is 0 Å². The van der Waals surface area contributed by atoms with Gasteiger partial charge in [0.2, 0.25) is 0 Å². The summed E-state index contributed by atoms with van der Waals surface area (Å²) in [6, 6.07) is 0. The lowest BCUT2D eigenvalue weighted by Gasteiger charge is -1.85. The topological polar surface area (TPSA) is 0 Å². The zero-order valence-corrected chi connectivity index (χ0v) is 5.00. The third-order valence-electron chi connectivity index (χ3n) is 0.996. The Morgan fingerprint density at radius 1 is 1.57 bits per heavy atom. The average Bonchev–Trinajstić information content (AvgIpc) is 1.87. The van der Waals surface area contributed by atoms with Crippen molar-refractivity contribution in [1.29, 1.82) is 0 Å². The summed E-state index contributed by atoms with van der Waals surface area (Å²) >= 11 is 5.62. The minimum Gasteiger partial charge on any atom is -0.0888 e. The molecule has 7 heavy (non-hydrogen) atoms. The van der Waals surface area contributed by atoms with Crippen molar-refractivity contribution in [1.82, 2.24) is 0 Å². The van der Waals surface area contributed by atoms with Crippen molar-refractivity contribution < 1.29 is 0 Å². The number of hydrogen-bond donors (Lipinski definition) is 0. The lowest BCUT2D eigenvalue weighted by molar-refractivity contribution is 1.23. The summed E-state index contributed by atoms with van der Waals surface area (Å²) in [6.45, 7) is 2.08. The summed E-state index contributed by atoms with van der Waals surface area (Å²) in [5.74, 6) is 0. The molecule has 1 aliphatic rings. The predicted molar refractivity (Wildman–Crippen MR) is 32.3 cm³/mol. The van der Waals surface area contributed by atoms with Crippen LogP contribution in [0.15, 0.2) is 22.8 Å². The Morgan fingerprint density at radius 3 is 2.43 bits per heavy atom. The molecule has 1 heteroatoms. The summed E-state index contributed by atoms with van der Waals surface area (Å²) in [4.78, 5) is 0. The summed E-state index contributed by atoms with van der Waals surface area (Å²) in [5, 5.41) is 0.956. The molecule has 0 N–H and O–H groups in total. The molecule has 0 fully saturated rings. The van der Waals surface area contributed by atoms with Crippen LogP contribution in [0, 0.1) is 0 Å². The molecule has 0 radical (unpaired) electrons. The molecule has 0 aromatic rings. The smallest absolute Gasteiger partial charge is 0.0221 e. The van der Waals surface area contributed by atoms with Crippen LogP contribution in [0.5, 0.6) is 0 Å². The SMILES string of the molecule is CC1=CC=C(Cl)C1. The second-order valence-electron chi connectivity index (χ2n) is 1.80. The summed E-state index contributed by atoms with van der Waals surface area (Å²) < 4.78 is 0. The lowest BCUT2D eigenvalue weighted by atomic mass is 10.3. The molecule has 0 nitrogen and oxygen atoms in total. The van der Waals surface area contributed by atoms with Gasteiger partial charge in [-0.2, -0.15) is 0 Å². The van der Waals surface area contributed by atoms with Gasteiger partial charge in [-0.05, 0) is 13.0 Å². The van der Waals surface area contributed by atoms with Crippen LogP contribution in [-0.2, 0) is 0 Å². The van der Waals surface area contributed by atoms with Gasteiger partial charge >= 0.3 is 0 Å². The monoisotopic (exact) mass is 114 g/mol. The van der Waals surface area contributed by atoms with Gasteiger partial charge in [-0.3, -0.25) is 0 Å². The largest absolute Gasteiger partial charge is 0.0888 e. The Morgan fingerprint density at radius 2 is 2.29 bits per heavy atom. The molecule has 0 aliphatic heterocycles. The molecule has 0 heterocycles. The highest BCUT2D eigenvalue weighted by Gasteiger charge is 1.98. The van der Waals surface area contributed by atoms with Crippen LogP contribution in [0.25, 0.3) is 0 Å². The Bertz CT molecular complexity index is 115. The van der Waals surface area contributed by atoms with Gasteiger partial charge < -0.3 is 0 Å². The van der Waals surface area contributed by atoms with Crippen LogP contribution in [0.1, 0.15) is 13.3 Å². The maximum Gasteiger partial charge on any atom is 0.0221 e. The number of hydrogen-bond acceptors (Lipinski definition) is 0. The Balaban J connectivity index is 2.61. The van der Waals surface area contributed by atoms with E-state index in [9.17, 15) is 0 Å². The normalized spacial score (nSPS) is 19.1. The van der Waals surface area contributed by atoms with E-state index in [-0.39, 0.29) is 0 Å². The first-order valence-electron chi connectivity index (χ1n) is 2.31. The fourth-order valence-corrected chi connectivity index (χ4v) is 0.891. The Kier molecular flexibility index (Phi) is 1.20. The zero-order chi connectivity index (χ0) is 5.28. The van der Waals surface area contributed by atoms with E-state index in [0.717, 1.165) is 11.5 Å². The van der Waals surface area contributed by atoms with Crippen LogP contribution in [-0.4, -0.2) is 0 Å². The van der Waals surface area contributed by atoms with E-state index >= 15 is 0 Å². The molecule has 1 aliphatic carbocycles. The molecular weight excluding hydrogens is 108 g/mol. The third kappa shape index (κ3) is 1.07. The predicted octanol–water partition coefficient (Wildman–Crippen LogP) is 2.46. The fraction of sp³-hybridized carbons (Fsp3) is 0.333. The molecule has 0 aromatic heterocycles. The molecule has 0 spiro atoms. The first kappa shape index (κ1) is 4.92. The highest BCUT2D eigenvalue weighted by molar-refractivity contribution is 6.30. The first-order valence-corrected chi connectivity index (χ1v) is 2.68. The van der Waals surface area contributed by atoms with Gasteiger partial charge in [0.25, 0.3) is 0 Å². The van der Waals surface area contributed by atoms with Crippen molar-refractivity contribution in [3.63, 3.8) is 0 Å². The Labute approximate surface area is 48.5 Å². The molecule has 1 rings (SSSR count). The number of halogens is 1. The average molecular weight is 115 g/mol. The first-order chi connectivity index (χ1) is 3.29.